The fraction of sp³-hybridized carbons (Fsp3) is 0.133. The summed E-state index contributed by atoms with van der Waals surface area (Å²) in [6, 6.07) is 7.94. The molecule has 0 spiro atoms. The van der Waals surface area contributed by atoms with Crippen LogP contribution >= 0.6 is 34.0 Å². The predicted molar refractivity (Wildman–Crippen MR) is 94.2 cm³/mol. The highest BCUT2D eigenvalue weighted by Gasteiger charge is 2.13. The van der Waals surface area contributed by atoms with Crippen LogP contribution in [0.2, 0.25) is 0 Å². The van der Waals surface area contributed by atoms with Gasteiger partial charge in [-0.25, -0.2) is 9.97 Å². The average molecular weight is 345 g/mol. The minimum absolute atomic E-state index is 0.0350. The van der Waals surface area contributed by atoms with Gasteiger partial charge in [0.25, 0.3) is 0 Å². The summed E-state index contributed by atoms with van der Waals surface area (Å²) in [5, 5.41) is 6.54. The van der Waals surface area contributed by atoms with Gasteiger partial charge in [0.1, 0.15) is 5.52 Å². The molecule has 4 rings (SSSR count). The van der Waals surface area contributed by atoms with Gasteiger partial charge in [-0.1, -0.05) is 17.4 Å². The molecule has 3 aromatic heterocycles. The maximum Gasteiger partial charge on any atom is 0.231 e. The monoisotopic (exact) mass is 345 g/mol. The third kappa shape index (κ3) is 2.51. The van der Waals surface area contributed by atoms with Crippen molar-refractivity contribution >= 4 is 65.5 Å². The summed E-state index contributed by atoms with van der Waals surface area (Å²) in [5.41, 5.74) is 1.87. The second kappa shape index (κ2) is 5.42. The minimum atomic E-state index is -0.0350. The summed E-state index contributed by atoms with van der Waals surface area (Å²) in [6.07, 6.45) is 0.388. The molecule has 1 amide bonds. The number of benzene rings is 1. The molecule has 1 N–H and O–H groups in total. The number of carbonyl (C=O) groups is 1. The van der Waals surface area contributed by atoms with Crippen molar-refractivity contribution in [1.82, 2.24) is 9.97 Å². The van der Waals surface area contributed by atoms with Crippen LogP contribution in [0.5, 0.6) is 0 Å². The molecule has 110 valence electrons. The molecular weight excluding hydrogens is 334 g/mol. The van der Waals surface area contributed by atoms with Gasteiger partial charge < -0.3 is 5.32 Å². The summed E-state index contributed by atoms with van der Waals surface area (Å²) < 4.78 is 2.19. The minimum Gasteiger partial charge on any atom is -0.302 e. The van der Waals surface area contributed by atoms with Crippen molar-refractivity contribution in [2.75, 3.05) is 5.32 Å². The van der Waals surface area contributed by atoms with Gasteiger partial charge in [-0.2, -0.15) is 0 Å². The van der Waals surface area contributed by atoms with Crippen LogP contribution in [-0.2, 0) is 11.2 Å². The lowest BCUT2D eigenvalue weighted by Crippen LogP contribution is -2.13. The largest absolute Gasteiger partial charge is 0.302 e. The number of rotatable bonds is 3. The molecule has 1 aromatic carbocycles. The summed E-state index contributed by atoms with van der Waals surface area (Å²) >= 11 is 4.75. The second-order valence-corrected chi connectivity index (χ2v) is 8.08. The Bertz CT molecular complexity index is 969. The summed E-state index contributed by atoms with van der Waals surface area (Å²) in [4.78, 5) is 22.2. The first-order valence-electron chi connectivity index (χ1n) is 6.68. The number of thiazole rings is 2. The standard InChI is InChI=1S/C15H11N3OS3/c1-8-16-13-11(21-8)5-4-10-14(13)22-15(17-10)18-12(19)7-9-3-2-6-20-9/h2-6H,7H2,1H3,(H,17,18,19). The molecule has 0 fully saturated rings. The fourth-order valence-corrected chi connectivity index (χ4v) is 4.85. The number of aromatic nitrogens is 2. The van der Waals surface area contributed by atoms with Crippen LogP contribution in [-0.4, -0.2) is 15.9 Å². The topological polar surface area (TPSA) is 54.9 Å². The summed E-state index contributed by atoms with van der Waals surface area (Å²) in [6.45, 7) is 2.00. The molecule has 0 saturated heterocycles. The van der Waals surface area contributed by atoms with Gasteiger partial charge in [0.2, 0.25) is 5.91 Å². The first kappa shape index (κ1) is 13.8. The van der Waals surface area contributed by atoms with Gasteiger partial charge in [-0.3, -0.25) is 4.79 Å². The third-order valence-electron chi connectivity index (χ3n) is 3.18. The van der Waals surface area contributed by atoms with Gasteiger partial charge in [-0.05, 0) is 30.5 Å². The molecule has 4 aromatic rings. The molecule has 3 heterocycles. The normalized spacial score (nSPS) is 11.3. The van der Waals surface area contributed by atoms with Crippen LogP contribution in [0, 0.1) is 6.92 Å². The van der Waals surface area contributed by atoms with Crippen LogP contribution in [0.25, 0.3) is 20.4 Å². The number of aryl methyl sites for hydroxylation is 1. The van der Waals surface area contributed by atoms with Crippen molar-refractivity contribution in [1.29, 1.82) is 0 Å². The lowest BCUT2D eigenvalue weighted by molar-refractivity contribution is -0.115. The maximum absolute atomic E-state index is 12.1. The van der Waals surface area contributed by atoms with Crippen LogP contribution in [0.4, 0.5) is 5.13 Å². The summed E-state index contributed by atoms with van der Waals surface area (Å²) in [7, 11) is 0. The van der Waals surface area contributed by atoms with Crippen LogP contribution < -0.4 is 5.32 Å². The second-order valence-electron chi connectivity index (χ2n) is 4.82. The SMILES string of the molecule is Cc1nc2c(ccc3nc(NC(=O)Cc4cccs4)sc32)s1. The first-order valence-corrected chi connectivity index (χ1v) is 9.19. The molecule has 22 heavy (non-hydrogen) atoms. The molecular formula is C15H11N3OS3. The third-order valence-corrected chi connectivity index (χ3v) is 5.99. The Morgan fingerprint density at radius 2 is 2.14 bits per heavy atom. The molecule has 0 bridgehead atoms. The fourth-order valence-electron chi connectivity index (χ4n) is 2.28. The van der Waals surface area contributed by atoms with E-state index in [9.17, 15) is 4.79 Å². The number of amides is 1. The lowest BCUT2D eigenvalue weighted by Gasteiger charge is -1.98. The number of hydrogen-bond donors (Lipinski definition) is 1. The molecule has 0 aliphatic carbocycles. The maximum atomic E-state index is 12.1. The number of nitrogens with one attached hydrogen (secondary N) is 1. The van der Waals surface area contributed by atoms with Crippen LogP contribution in [0.1, 0.15) is 9.88 Å². The number of carbonyl (C=O) groups excluding carboxylic acids is 1. The highest BCUT2D eigenvalue weighted by atomic mass is 32.1. The van der Waals surface area contributed by atoms with E-state index in [1.807, 2.05) is 36.6 Å². The molecule has 0 atom stereocenters. The highest BCUT2D eigenvalue weighted by molar-refractivity contribution is 7.24. The smallest absolute Gasteiger partial charge is 0.231 e. The molecule has 0 radical (unpaired) electrons. The van der Waals surface area contributed by atoms with Gasteiger partial charge >= 0.3 is 0 Å². The first-order chi connectivity index (χ1) is 10.7. The predicted octanol–water partition coefficient (Wildman–Crippen LogP) is 4.46. The van der Waals surface area contributed by atoms with Crippen molar-refractivity contribution in [3.63, 3.8) is 0 Å². The van der Waals surface area contributed by atoms with Gasteiger partial charge in [0.05, 0.1) is 26.3 Å². The zero-order valence-corrected chi connectivity index (χ0v) is 14.1. The Kier molecular flexibility index (Phi) is 3.40. The highest BCUT2D eigenvalue weighted by Crippen LogP contribution is 2.34. The molecule has 0 aliphatic heterocycles. The van der Waals surface area contributed by atoms with Crippen LogP contribution in [0.15, 0.2) is 29.6 Å². The number of nitrogens with zero attached hydrogens (tertiary/aromatic N) is 2. The molecule has 4 nitrogen and oxygen atoms in total. The molecule has 7 heteroatoms. The number of hydrogen-bond acceptors (Lipinski definition) is 6. The van der Waals surface area contributed by atoms with Gasteiger partial charge in [0.15, 0.2) is 5.13 Å². The van der Waals surface area contributed by atoms with Crippen molar-refractivity contribution in [3.8, 4) is 0 Å². The van der Waals surface area contributed by atoms with E-state index in [1.165, 1.54) is 11.3 Å². The molecule has 0 aliphatic rings. The van der Waals surface area contributed by atoms with E-state index in [2.05, 4.69) is 15.3 Å². The average Bonchev–Trinajstić information content (AvgIpc) is 3.16. The van der Waals surface area contributed by atoms with Crippen LogP contribution in [0.3, 0.4) is 0 Å². The van der Waals surface area contributed by atoms with E-state index in [0.717, 1.165) is 30.3 Å². The van der Waals surface area contributed by atoms with Crippen molar-refractivity contribution in [3.05, 3.63) is 39.5 Å². The van der Waals surface area contributed by atoms with E-state index in [4.69, 9.17) is 0 Å². The Hall–Kier alpha value is -1.83. The van der Waals surface area contributed by atoms with E-state index in [0.29, 0.717) is 11.6 Å². The number of thiophene rings is 1. The van der Waals surface area contributed by atoms with E-state index >= 15 is 0 Å². The number of anilines is 1. The quantitative estimate of drug-likeness (QED) is 0.596. The van der Waals surface area contributed by atoms with Crippen molar-refractivity contribution in [2.45, 2.75) is 13.3 Å². The lowest BCUT2D eigenvalue weighted by atomic mass is 10.3. The zero-order chi connectivity index (χ0) is 15.1. The Balaban J connectivity index is 1.64. The molecule has 0 unspecified atom stereocenters. The molecule has 0 saturated carbocycles. The van der Waals surface area contributed by atoms with Gasteiger partial charge in [0, 0.05) is 4.88 Å². The van der Waals surface area contributed by atoms with E-state index < -0.39 is 0 Å². The van der Waals surface area contributed by atoms with Gasteiger partial charge in [-0.15, -0.1) is 22.7 Å². The Morgan fingerprint density at radius 1 is 1.23 bits per heavy atom. The Morgan fingerprint density at radius 3 is 2.95 bits per heavy atom. The zero-order valence-electron chi connectivity index (χ0n) is 11.6. The Labute approximate surface area is 138 Å². The summed E-state index contributed by atoms with van der Waals surface area (Å²) in [5.74, 6) is -0.0350. The van der Waals surface area contributed by atoms with Crippen molar-refractivity contribution in [2.24, 2.45) is 0 Å². The number of fused-ring (bicyclic) bond motifs is 3. The van der Waals surface area contributed by atoms with E-state index in [1.54, 1.807) is 22.7 Å². The van der Waals surface area contributed by atoms with Crippen molar-refractivity contribution < 1.29 is 4.79 Å². The van der Waals surface area contributed by atoms with E-state index in [-0.39, 0.29) is 5.91 Å².